The van der Waals surface area contributed by atoms with Crippen LogP contribution in [0.2, 0.25) is 0 Å². The number of hydrogen-bond donors (Lipinski definition) is 1. The maximum absolute atomic E-state index is 13.3. The molecule has 0 saturated carbocycles. The van der Waals surface area contributed by atoms with Gasteiger partial charge in [0.2, 0.25) is 0 Å². The summed E-state index contributed by atoms with van der Waals surface area (Å²) in [5.74, 6) is -1.58. The van der Waals surface area contributed by atoms with Gasteiger partial charge >= 0.3 is 0 Å². The Balaban J connectivity index is 1.96. The second kappa shape index (κ2) is 6.37. The Bertz CT molecular complexity index is 956. The van der Waals surface area contributed by atoms with Gasteiger partial charge in [-0.15, -0.1) is 0 Å². The van der Waals surface area contributed by atoms with E-state index in [0.29, 0.717) is 16.7 Å². The molecule has 0 amide bonds. The summed E-state index contributed by atoms with van der Waals surface area (Å²) in [6.45, 7) is -0.135. The van der Waals surface area contributed by atoms with E-state index in [1.165, 1.54) is 24.1 Å². The van der Waals surface area contributed by atoms with Crippen LogP contribution in [-0.4, -0.2) is 21.8 Å². The van der Waals surface area contributed by atoms with E-state index >= 15 is 0 Å². The summed E-state index contributed by atoms with van der Waals surface area (Å²) in [6, 6.07) is 8.07. The number of halogens is 2. The van der Waals surface area contributed by atoms with Gasteiger partial charge in [-0.1, -0.05) is 12.1 Å². The standard InChI is InChI=1S/C17H14F2N2O3/c1-24-15-4-2-3-11-16(15)20-9-21(17(11)23)8-14(22)10-5-6-12(18)13(19)7-10/h2-7,9,14,22H,8H2,1H3. The van der Waals surface area contributed by atoms with Crippen molar-refractivity contribution in [2.45, 2.75) is 12.6 Å². The van der Waals surface area contributed by atoms with E-state index < -0.39 is 17.7 Å². The first-order valence-electron chi connectivity index (χ1n) is 7.16. The molecule has 5 nitrogen and oxygen atoms in total. The largest absolute Gasteiger partial charge is 0.494 e. The van der Waals surface area contributed by atoms with Crippen LogP contribution in [0.5, 0.6) is 5.75 Å². The fraction of sp³-hybridized carbons (Fsp3) is 0.176. The predicted octanol–water partition coefficient (Wildman–Crippen LogP) is 2.42. The molecule has 2 aromatic carbocycles. The fourth-order valence-corrected chi connectivity index (χ4v) is 2.47. The van der Waals surface area contributed by atoms with Gasteiger partial charge in [-0.3, -0.25) is 9.36 Å². The molecule has 3 rings (SSSR count). The highest BCUT2D eigenvalue weighted by Gasteiger charge is 2.14. The van der Waals surface area contributed by atoms with Crippen LogP contribution >= 0.6 is 0 Å². The molecule has 0 aliphatic carbocycles. The molecule has 124 valence electrons. The lowest BCUT2D eigenvalue weighted by molar-refractivity contribution is 0.154. The zero-order valence-electron chi connectivity index (χ0n) is 12.7. The summed E-state index contributed by atoms with van der Waals surface area (Å²) >= 11 is 0. The van der Waals surface area contributed by atoms with E-state index in [1.54, 1.807) is 18.2 Å². The molecule has 1 heterocycles. The zero-order valence-corrected chi connectivity index (χ0v) is 12.7. The van der Waals surface area contributed by atoms with Gasteiger partial charge in [0.15, 0.2) is 11.6 Å². The number of hydrogen-bond acceptors (Lipinski definition) is 4. The van der Waals surface area contributed by atoms with E-state index in [4.69, 9.17) is 4.74 Å². The van der Waals surface area contributed by atoms with Crippen LogP contribution in [0.3, 0.4) is 0 Å². The molecular weight excluding hydrogens is 318 g/mol. The van der Waals surface area contributed by atoms with Gasteiger partial charge in [0, 0.05) is 0 Å². The van der Waals surface area contributed by atoms with E-state index in [-0.39, 0.29) is 17.7 Å². The molecule has 1 N–H and O–H groups in total. The summed E-state index contributed by atoms with van der Waals surface area (Å²) in [4.78, 5) is 16.7. The SMILES string of the molecule is COc1cccc2c(=O)n(CC(O)c3ccc(F)c(F)c3)cnc12. The van der Waals surface area contributed by atoms with Crippen LogP contribution in [0.15, 0.2) is 47.5 Å². The monoisotopic (exact) mass is 332 g/mol. The van der Waals surface area contributed by atoms with Crippen molar-refractivity contribution in [2.24, 2.45) is 0 Å². The second-order valence-electron chi connectivity index (χ2n) is 5.25. The van der Waals surface area contributed by atoms with Crippen LogP contribution in [0.1, 0.15) is 11.7 Å². The fourth-order valence-electron chi connectivity index (χ4n) is 2.47. The normalized spacial score (nSPS) is 12.3. The Kier molecular flexibility index (Phi) is 4.26. The van der Waals surface area contributed by atoms with Crippen LogP contribution in [-0.2, 0) is 6.54 Å². The molecule has 7 heteroatoms. The minimum atomic E-state index is -1.18. The molecule has 0 saturated heterocycles. The lowest BCUT2D eigenvalue weighted by Gasteiger charge is -2.14. The van der Waals surface area contributed by atoms with Gasteiger partial charge in [-0.25, -0.2) is 13.8 Å². The predicted molar refractivity (Wildman–Crippen MR) is 83.9 cm³/mol. The summed E-state index contributed by atoms with van der Waals surface area (Å²) in [7, 11) is 1.48. The maximum Gasteiger partial charge on any atom is 0.261 e. The topological polar surface area (TPSA) is 64.3 Å². The molecule has 1 aromatic heterocycles. The molecule has 3 aromatic rings. The van der Waals surface area contributed by atoms with Crippen LogP contribution in [0.25, 0.3) is 10.9 Å². The maximum atomic E-state index is 13.3. The summed E-state index contributed by atoms with van der Waals surface area (Å²) in [5.41, 5.74) is 0.232. The van der Waals surface area contributed by atoms with Crippen molar-refractivity contribution in [3.8, 4) is 5.75 Å². The minimum absolute atomic E-state index is 0.135. The molecule has 0 bridgehead atoms. The highest BCUT2D eigenvalue weighted by molar-refractivity contribution is 5.83. The minimum Gasteiger partial charge on any atom is -0.494 e. The number of aliphatic hydroxyl groups is 1. The lowest BCUT2D eigenvalue weighted by atomic mass is 10.1. The van der Waals surface area contributed by atoms with Gasteiger partial charge < -0.3 is 9.84 Å². The first-order chi connectivity index (χ1) is 11.5. The van der Waals surface area contributed by atoms with Gasteiger partial charge in [0.1, 0.15) is 11.3 Å². The zero-order chi connectivity index (χ0) is 17.3. The highest BCUT2D eigenvalue weighted by Crippen LogP contribution is 2.21. The van der Waals surface area contributed by atoms with E-state index in [1.807, 2.05) is 0 Å². The van der Waals surface area contributed by atoms with Crippen molar-refractivity contribution < 1.29 is 18.6 Å². The van der Waals surface area contributed by atoms with Gasteiger partial charge in [-0.05, 0) is 29.8 Å². The van der Waals surface area contributed by atoms with Crippen molar-refractivity contribution >= 4 is 10.9 Å². The van der Waals surface area contributed by atoms with Crippen molar-refractivity contribution in [1.82, 2.24) is 9.55 Å². The molecule has 0 fully saturated rings. The van der Waals surface area contributed by atoms with Crippen molar-refractivity contribution in [3.63, 3.8) is 0 Å². The van der Waals surface area contributed by atoms with E-state index in [0.717, 1.165) is 12.1 Å². The molecule has 1 unspecified atom stereocenters. The third kappa shape index (κ3) is 2.85. The van der Waals surface area contributed by atoms with E-state index in [9.17, 15) is 18.7 Å². The summed E-state index contributed by atoms with van der Waals surface area (Å²) in [5, 5.41) is 10.5. The smallest absolute Gasteiger partial charge is 0.261 e. The van der Waals surface area contributed by atoms with Crippen molar-refractivity contribution in [3.05, 3.63) is 70.3 Å². The van der Waals surface area contributed by atoms with Crippen LogP contribution in [0, 0.1) is 11.6 Å². The number of nitrogens with zero attached hydrogens (tertiary/aromatic N) is 2. The Morgan fingerprint density at radius 1 is 1.25 bits per heavy atom. The Labute approximate surface area is 135 Å². The number of aromatic nitrogens is 2. The number of para-hydroxylation sites is 1. The lowest BCUT2D eigenvalue weighted by Crippen LogP contribution is -2.24. The van der Waals surface area contributed by atoms with E-state index in [2.05, 4.69) is 4.98 Å². The number of rotatable bonds is 4. The Hall–Kier alpha value is -2.80. The molecule has 0 aliphatic heterocycles. The number of fused-ring (bicyclic) bond motifs is 1. The molecular formula is C17H14F2N2O3. The van der Waals surface area contributed by atoms with Gasteiger partial charge in [0.25, 0.3) is 5.56 Å². The first-order valence-corrected chi connectivity index (χ1v) is 7.16. The average Bonchev–Trinajstić information content (AvgIpc) is 2.59. The molecule has 0 spiro atoms. The first kappa shape index (κ1) is 16.1. The summed E-state index contributed by atoms with van der Waals surface area (Å²) in [6.07, 6.45) is 0.110. The highest BCUT2D eigenvalue weighted by atomic mass is 19.2. The number of ether oxygens (including phenoxy) is 1. The van der Waals surface area contributed by atoms with Gasteiger partial charge in [-0.2, -0.15) is 0 Å². The Morgan fingerprint density at radius 2 is 2.04 bits per heavy atom. The molecule has 1 atom stereocenters. The number of methoxy groups -OCH3 is 1. The van der Waals surface area contributed by atoms with Gasteiger partial charge in [0.05, 0.1) is 31.5 Å². The molecule has 24 heavy (non-hydrogen) atoms. The average molecular weight is 332 g/mol. The molecule has 0 radical (unpaired) electrons. The third-order valence-corrected chi connectivity index (χ3v) is 3.73. The molecule has 0 aliphatic rings. The van der Waals surface area contributed by atoms with Crippen molar-refractivity contribution in [2.75, 3.05) is 7.11 Å². The quantitative estimate of drug-likeness (QED) is 0.797. The third-order valence-electron chi connectivity index (χ3n) is 3.73. The number of benzene rings is 2. The van der Waals surface area contributed by atoms with Crippen LogP contribution < -0.4 is 10.3 Å². The summed E-state index contributed by atoms with van der Waals surface area (Å²) < 4.78 is 32.6. The Morgan fingerprint density at radius 3 is 2.75 bits per heavy atom. The second-order valence-corrected chi connectivity index (χ2v) is 5.25. The van der Waals surface area contributed by atoms with Crippen molar-refractivity contribution in [1.29, 1.82) is 0 Å². The van der Waals surface area contributed by atoms with Crippen LogP contribution in [0.4, 0.5) is 8.78 Å². The number of aliphatic hydroxyl groups excluding tert-OH is 1.